The number of rotatable bonds is 3. The Labute approximate surface area is 108 Å². The zero-order valence-electron chi connectivity index (χ0n) is 9.61. The first-order valence-electron chi connectivity index (χ1n) is 5.69. The molecule has 5 heteroatoms. The largest absolute Gasteiger partial charge is 0.270 e. The number of aryl methyl sites for hydroxylation is 2. The molecule has 0 aliphatic rings. The smallest absolute Gasteiger partial charge is 0.268 e. The van der Waals surface area contributed by atoms with Crippen LogP contribution in [0.15, 0.2) is 47.5 Å². The first-order valence-corrected chi connectivity index (χ1v) is 6.47. The zero-order valence-corrected chi connectivity index (χ0v) is 10.4. The van der Waals surface area contributed by atoms with E-state index in [0.717, 1.165) is 16.9 Å². The van der Waals surface area contributed by atoms with Gasteiger partial charge in [-0.25, -0.2) is 4.98 Å². The Morgan fingerprint density at radius 2 is 2.00 bits per heavy atom. The second-order valence-electron chi connectivity index (χ2n) is 3.93. The van der Waals surface area contributed by atoms with Crippen LogP contribution in [0.1, 0.15) is 5.69 Å². The minimum Gasteiger partial charge on any atom is -0.268 e. The van der Waals surface area contributed by atoms with Crippen molar-refractivity contribution in [3.05, 3.63) is 58.8 Å². The van der Waals surface area contributed by atoms with Crippen molar-refractivity contribution in [1.82, 2.24) is 13.9 Å². The van der Waals surface area contributed by atoms with Gasteiger partial charge in [-0.1, -0.05) is 6.07 Å². The maximum Gasteiger partial charge on any atom is 0.270 e. The molecule has 0 aliphatic carbocycles. The Morgan fingerprint density at radius 3 is 2.78 bits per heavy atom. The molecule has 3 aromatic heterocycles. The second-order valence-corrected chi connectivity index (χ2v) is 4.94. The summed E-state index contributed by atoms with van der Waals surface area (Å²) in [7, 11) is 0. The third kappa shape index (κ3) is 2.04. The van der Waals surface area contributed by atoms with Gasteiger partial charge in [0.2, 0.25) is 0 Å². The van der Waals surface area contributed by atoms with Crippen molar-refractivity contribution < 1.29 is 0 Å². The average Bonchev–Trinajstić information content (AvgIpc) is 2.75. The molecule has 90 valence electrons. The van der Waals surface area contributed by atoms with Crippen molar-refractivity contribution in [2.75, 3.05) is 0 Å². The highest BCUT2D eigenvalue weighted by Crippen LogP contribution is 2.13. The summed E-state index contributed by atoms with van der Waals surface area (Å²) in [5, 5.41) is 0.698. The van der Waals surface area contributed by atoms with Gasteiger partial charge in [-0.05, 0) is 35.8 Å². The molecule has 4 nitrogen and oxygen atoms in total. The summed E-state index contributed by atoms with van der Waals surface area (Å²) in [5.74, 6) is 0. The molecule has 0 aromatic carbocycles. The minimum absolute atomic E-state index is 0.0408. The van der Waals surface area contributed by atoms with Crippen LogP contribution in [0.3, 0.4) is 0 Å². The molecule has 3 aromatic rings. The third-order valence-corrected chi connectivity index (χ3v) is 3.79. The highest BCUT2D eigenvalue weighted by Gasteiger charge is 2.07. The molecule has 0 fully saturated rings. The van der Waals surface area contributed by atoms with Gasteiger partial charge in [0.05, 0.1) is 5.39 Å². The maximum atomic E-state index is 12.1. The topological polar surface area (TPSA) is 47.8 Å². The van der Waals surface area contributed by atoms with Gasteiger partial charge >= 0.3 is 0 Å². The van der Waals surface area contributed by atoms with Crippen molar-refractivity contribution in [3.63, 3.8) is 0 Å². The fourth-order valence-electron chi connectivity index (χ4n) is 1.82. The molecular formula is C13H11N3OS. The van der Waals surface area contributed by atoms with Crippen LogP contribution in [0.4, 0.5) is 0 Å². The first-order chi connectivity index (χ1) is 8.84. The second kappa shape index (κ2) is 4.70. The van der Waals surface area contributed by atoms with Gasteiger partial charge in [0.1, 0.15) is 4.83 Å². The number of hydrogen-bond donors (Lipinski definition) is 0. The Balaban J connectivity index is 1.87. The summed E-state index contributed by atoms with van der Waals surface area (Å²) in [6.45, 7) is 0.650. The number of fused-ring (bicyclic) bond motifs is 1. The molecule has 0 saturated carbocycles. The van der Waals surface area contributed by atoms with E-state index in [-0.39, 0.29) is 5.56 Å². The summed E-state index contributed by atoms with van der Waals surface area (Å²) < 4.78 is 1.74. The molecule has 0 radical (unpaired) electrons. The van der Waals surface area contributed by atoms with Crippen LogP contribution >= 0.6 is 11.5 Å². The van der Waals surface area contributed by atoms with E-state index in [2.05, 4.69) is 9.97 Å². The van der Waals surface area contributed by atoms with Crippen LogP contribution in [-0.4, -0.2) is 13.9 Å². The molecule has 0 saturated heterocycles. The van der Waals surface area contributed by atoms with Crippen molar-refractivity contribution in [3.8, 4) is 0 Å². The molecule has 18 heavy (non-hydrogen) atoms. The Hall–Kier alpha value is -2.01. The van der Waals surface area contributed by atoms with E-state index < -0.39 is 0 Å². The van der Waals surface area contributed by atoms with Crippen LogP contribution in [0.2, 0.25) is 0 Å². The highest BCUT2D eigenvalue weighted by atomic mass is 32.1. The van der Waals surface area contributed by atoms with E-state index in [1.807, 2.05) is 24.3 Å². The lowest BCUT2D eigenvalue weighted by Crippen LogP contribution is -2.14. The Morgan fingerprint density at radius 1 is 1.11 bits per heavy atom. The van der Waals surface area contributed by atoms with Gasteiger partial charge in [0.15, 0.2) is 0 Å². The summed E-state index contributed by atoms with van der Waals surface area (Å²) in [6, 6.07) is 9.42. The lowest BCUT2D eigenvalue weighted by molar-refractivity contribution is 0.723. The number of hydrogen-bond acceptors (Lipinski definition) is 4. The molecule has 0 aliphatic heterocycles. The normalized spacial score (nSPS) is 10.9. The van der Waals surface area contributed by atoms with Crippen LogP contribution in [0.25, 0.3) is 10.2 Å². The van der Waals surface area contributed by atoms with Crippen LogP contribution in [-0.2, 0) is 13.0 Å². The molecule has 0 unspecified atom stereocenters. The molecule has 0 spiro atoms. The molecule has 0 atom stereocenters. The summed E-state index contributed by atoms with van der Waals surface area (Å²) >= 11 is 1.41. The SMILES string of the molecule is O=c1c2cccnc2sn1CCc1ccccn1. The minimum atomic E-state index is 0.0408. The van der Waals surface area contributed by atoms with E-state index >= 15 is 0 Å². The van der Waals surface area contributed by atoms with Crippen molar-refractivity contribution in [1.29, 1.82) is 0 Å². The van der Waals surface area contributed by atoms with Crippen molar-refractivity contribution >= 4 is 21.7 Å². The lowest BCUT2D eigenvalue weighted by atomic mass is 10.3. The molecule has 3 rings (SSSR count). The van der Waals surface area contributed by atoms with Gasteiger partial charge in [0, 0.05) is 31.1 Å². The predicted octanol–water partition coefficient (Wildman–Crippen LogP) is 2.10. The summed E-state index contributed by atoms with van der Waals surface area (Å²) in [4.78, 5) is 21.3. The van der Waals surface area contributed by atoms with Crippen LogP contribution in [0, 0.1) is 0 Å². The fraction of sp³-hybridized carbons (Fsp3) is 0.154. The van der Waals surface area contributed by atoms with E-state index in [1.54, 1.807) is 22.4 Å². The van der Waals surface area contributed by atoms with Crippen LogP contribution in [0.5, 0.6) is 0 Å². The predicted molar refractivity (Wildman–Crippen MR) is 71.8 cm³/mol. The average molecular weight is 257 g/mol. The van der Waals surface area contributed by atoms with Gasteiger partial charge in [-0.15, -0.1) is 0 Å². The summed E-state index contributed by atoms with van der Waals surface area (Å²) in [6.07, 6.45) is 4.24. The van der Waals surface area contributed by atoms with E-state index in [1.165, 1.54) is 11.5 Å². The van der Waals surface area contributed by atoms with E-state index in [0.29, 0.717) is 11.9 Å². The van der Waals surface area contributed by atoms with Crippen molar-refractivity contribution in [2.24, 2.45) is 0 Å². The van der Waals surface area contributed by atoms with Gasteiger partial charge in [0.25, 0.3) is 5.56 Å². The molecular weight excluding hydrogens is 246 g/mol. The van der Waals surface area contributed by atoms with E-state index in [9.17, 15) is 4.79 Å². The molecule has 0 bridgehead atoms. The molecule has 3 heterocycles. The van der Waals surface area contributed by atoms with Gasteiger partial charge in [-0.3, -0.25) is 13.7 Å². The number of aromatic nitrogens is 3. The molecule has 0 N–H and O–H groups in total. The van der Waals surface area contributed by atoms with Gasteiger partial charge < -0.3 is 0 Å². The first kappa shape index (κ1) is 11.1. The number of pyridine rings is 2. The fourth-order valence-corrected chi connectivity index (χ4v) is 2.75. The number of nitrogens with zero attached hydrogens (tertiary/aromatic N) is 3. The lowest BCUT2D eigenvalue weighted by Gasteiger charge is -1.99. The quantitative estimate of drug-likeness (QED) is 0.722. The highest BCUT2D eigenvalue weighted by molar-refractivity contribution is 7.13. The standard InChI is InChI=1S/C13H11N3OS/c17-13-11-5-3-8-15-12(11)18-16(13)9-6-10-4-1-2-7-14-10/h1-5,7-8H,6,9H2. The molecule has 0 amide bonds. The maximum absolute atomic E-state index is 12.1. The van der Waals surface area contributed by atoms with Crippen LogP contribution < -0.4 is 5.56 Å². The zero-order chi connectivity index (χ0) is 12.4. The third-order valence-electron chi connectivity index (χ3n) is 2.72. The van der Waals surface area contributed by atoms with E-state index in [4.69, 9.17) is 0 Å². The Kier molecular flexibility index (Phi) is 2.90. The Bertz CT molecular complexity index is 718. The van der Waals surface area contributed by atoms with Crippen molar-refractivity contribution in [2.45, 2.75) is 13.0 Å². The van der Waals surface area contributed by atoms with Gasteiger partial charge in [-0.2, -0.15) is 0 Å². The summed E-state index contributed by atoms with van der Waals surface area (Å²) in [5.41, 5.74) is 1.04. The monoisotopic (exact) mass is 257 g/mol.